The lowest BCUT2D eigenvalue weighted by molar-refractivity contribution is -0.118. The Morgan fingerprint density at radius 3 is 2.37 bits per heavy atom. The first kappa shape index (κ1) is 23.8. The minimum Gasteiger partial charge on any atom is -0.482 e. The molecule has 4 aliphatic rings. The molecule has 0 unspecified atom stereocenters. The molecule has 4 N–H and O–H groups in total. The van der Waals surface area contributed by atoms with Crippen molar-refractivity contribution in [1.29, 1.82) is 0 Å². The first-order valence-electron chi connectivity index (χ1n) is 11.9. The zero-order chi connectivity index (χ0) is 24.7. The van der Waals surface area contributed by atoms with Gasteiger partial charge in [-0.05, 0) is 56.7 Å². The number of hydrogen-bond acceptors (Lipinski definition) is 6. The van der Waals surface area contributed by atoms with Crippen LogP contribution >= 0.6 is 0 Å². The second-order valence-electron chi connectivity index (χ2n) is 9.54. The van der Waals surface area contributed by atoms with Gasteiger partial charge in [0.15, 0.2) is 6.61 Å². The van der Waals surface area contributed by atoms with E-state index < -0.39 is 16.3 Å². The number of rotatable bonds is 5. The van der Waals surface area contributed by atoms with Gasteiger partial charge in [-0.3, -0.25) is 9.59 Å². The minimum absolute atomic E-state index is 0.0555. The Kier molecular flexibility index (Phi) is 6.32. The fourth-order valence-corrected chi connectivity index (χ4v) is 7.74. The highest BCUT2D eigenvalue weighted by Crippen LogP contribution is 2.39. The number of benzene rings is 1. The average molecular weight is 508 g/mol. The average Bonchev–Trinajstić information content (AvgIpc) is 3.10. The Labute approximate surface area is 203 Å². The van der Waals surface area contributed by atoms with Gasteiger partial charge in [0.2, 0.25) is 0 Å². The Bertz CT molecular complexity index is 1120. The third-order valence-corrected chi connectivity index (χ3v) is 9.40. The van der Waals surface area contributed by atoms with Crippen LogP contribution in [-0.4, -0.2) is 83.9 Å². The number of nitrogens with zero attached hydrogens (tertiary/aromatic N) is 2. The largest absolute Gasteiger partial charge is 0.482 e. The van der Waals surface area contributed by atoms with Gasteiger partial charge in [0.25, 0.3) is 22.0 Å². The standard InChI is InChI=1S/C22H29N5O7S/c28-20-12-34-19-4-1-13(9-18(19)25-20)21(29)23-15-10-16-2-3-17(11-15)27(16)35(32,33)26-7-5-14(6-8-26)24-22(30)31/h1,4,9,14-17,24H,2-3,5-8,10-12H2,(H,23,29)(H,25,28)(H,30,31)/t15-,16+,17-. The van der Waals surface area contributed by atoms with Crippen molar-refractivity contribution in [2.24, 2.45) is 0 Å². The molecule has 3 fully saturated rings. The van der Waals surface area contributed by atoms with Crippen LogP contribution in [0, 0.1) is 0 Å². The van der Waals surface area contributed by atoms with Gasteiger partial charge >= 0.3 is 6.09 Å². The normalized spacial score (nSPS) is 27.4. The topological polar surface area (TPSA) is 157 Å². The molecule has 0 spiro atoms. The molecule has 3 saturated heterocycles. The molecule has 12 nitrogen and oxygen atoms in total. The molecule has 5 rings (SSSR count). The Hall–Kier alpha value is -2.90. The Balaban J connectivity index is 1.21. The van der Waals surface area contributed by atoms with Gasteiger partial charge < -0.3 is 25.8 Å². The van der Waals surface area contributed by atoms with Crippen LogP contribution in [-0.2, 0) is 15.0 Å². The van der Waals surface area contributed by atoms with E-state index in [2.05, 4.69) is 16.0 Å². The van der Waals surface area contributed by atoms with Gasteiger partial charge in [-0.15, -0.1) is 0 Å². The smallest absolute Gasteiger partial charge is 0.404 e. The van der Waals surface area contributed by atoms with Gasteiger partial charge in [-0.2, -0.15) is 17.0 Å². The summed E-state index contributed by atoms with van der Waals surface area (Å²) < 4.78 is 35.3. The van der Waals surface area contributed by atoms with Crippen LogP contribution in [0.15, 0.2) is 18.2 Å². The van der Waals surface area contributed by atoms with E-state index in [-0.39, 0.29) is 55.7 Å². The summed E-state index contributed by atoms with van der Waals surface area (Å²) in [6.45, 7) is 0.504. The van der Waals surface area contributed by atoms with Crippen LogP contribution in [0.5, 0.6) is 5.75 Å². The molecule has 3 amide bonds. The molecular formula is C22H29N5O7S. The van der Waals surface area contributed by atoms with Gasteiger partial charge in [0.1, 0.15) is 5.75 Å². The second kappa shape index (κ2) is 9.28. The van der Waals surface area contributed by atoms with Crippen LogP contribution in [0.25, 0.3) is 0 Å². The van der Waals surface area contributed by atoms with Crippen LogP contribution in [0.1, 0.15) is 48.9 Å². The van der Waals surface area contributed by atoms with Crippen molar-refractivity contribution in [3.05, 3.63) is 23.8 Å². The van der Waals surface area contributed by atoms with Crippen molar-refractivity contribution < 1.29 is 32.6 Å². The summed E-state index contributed by atoms with van der Waals surface area (Å²) in [6.07, 6.45) is 2.35. The summed E-state index contributed by atoms with van der Waals surface area (Å²) in [4.78, 5) is 35.3. The molecule has 4 aliphatic heterocycles. The number of ether oxygens (including phenoxy) is 1. The van der Waals surface area contributed by atoms with E-state index in [1.54, 1.807) is 22.5 Å². The molecule has 13 heteroatoms. The lowest BCUT2D eigenvalue weighted by Gasteiger charge is -2.42. The van der Waals surface area contributed by atoms with Crippen molar-refractivity contribution in [2.75, 3.05) is 25.0 Å². The molecule has 0 saturated carbocycles. The number of piperidine rings is 2. The summed E-state index contributed by atoms with van der Waals surface area (Å²) >= 11 is 0. The summed E-state index contributed by atoms with van der Waals surface area (Å²) in [7, 11) is -3.67. The number of carbonyl (C=O) groups is 3. The minimum atomic E-state index is -3.67. The highest BCUT2D eigenvalue weighted by Gasteiger charge is 2.49. The second-order valence-corrected chi connectivity index (χ2v) is 11.4. The zero-order valence-electron chi connectivity index (χ0n) is 19.1. The number of fused-ring (bicyclic) bond motifs is 3. The SMILES string of the molecule is O=C(O)NC1CCN(S(=O)(=O)N2[C@@H]3CC[C@H]2C[C@@H](NC(=O)c2ccc4c(c2)NC(=O)CO4)C3)CC1. The fraction of sp³-hybridized carbons (Fsp3) is 0.591. The Morgan fingerprint density at radius 1 is 1.03 bits per heavy atom. The summed E-state index contributed by atoms with van der Waals surface area (Å²) in [5.41, 5.74) is 0.854. The molecule has 190 valence electrons. The van der Waals surface area contributed by atoms with Crippen molar-refractivity contribution in [2.45, 2.75) is 62.7 Å². The highest BCUT2D eigenvalue weighted by molar-refractivity contribution is 7.86. The fourth-order valence-electron chi connectivity index (χ4n) is 5.66. The number of carboxylic acid groups (broad SMARTS) is 1. The monoisotopic (exact) mass is 507 g/mol. The van der Waals surface area contributed by atoms with Crippen LogP contribution in [0.3, 0.4) is 0 Å². The lowest BCUT2D eigenvalue weighted by atomic mass is 9.99. The Morgan fingerprint density at radius 2 is 1.71 bits per heavy atom. The maximum atomic E-state index is 13.4. The molecule has 3 atom stereocenters. The summed E-state index contributed by atoms with van der Waals surface area (Å²) in [6, 6.07) is 4.11. The van der Waals surface area contributed by atoms with Gasteiger partial charge in [-0.1, -0.05) is 0 Å². The van der Waals surface area contributed by atoms with Crippen molar-refractivity contribution in [1.82, 2.24) is 19.2 Å². The van der Waals surface area contributed by atoms with E-state index in [0.29, 0.717) is 42.7 Å². The van der Waals surface area contributed by atoms with E-state index in [9.17, 15) is 22.8 Å². The van der Waals surface area contributed by atoms with E-state index >= 15 is 0 Å². The van der Waals surface area contributed by atoms with Crippen LogP contribution < -0.4 is 20.7 Å². The summed E-state index contributed by atoms with van der Waals surface area (Å²) in [5.74, 6) is -0.0376. The zero-order valence-corrected chi connectivity index (χ0v) is 19.9. The molecule has 35 heavy (non-hydrogen) atoms. The third kappa shape index (κ3) is 4.80. The first-order valence-corrected chi connectivity index (χ1v) is 13.3. The lowest BCUT2D eigenvalue weighted by Crippen LogP contribution is -2.57. The maximum absolute atomic E-state index is 13.4. The van der Waals surface area contributed by atoms with Crippen LogP contribution in [0.4, 0.5) is 10.5 Å². The first-order chi connectivity index (χ1) is 16.7. The van der Waals surface area contributed by atoms with Crippen molar-refractivity contribution >= 4 is 33.8 Å². The predicted octanol–water partition coefficient (Wildman–Crippen LogP) is 0.720. The quantitative estimate of drug-likeness (QED) is 0.457. The molecule has 0 aliphatic carbocycles. The number of nitrogens with one attached hydrogen (secondary N) is 3. The number of hydrogen-bond donors (Lipinski definition) is 4. The number of amides is 3. The third-order valence-electron chi connectivity index (χ3n) is 7.25. The molecule has 0 aromatic heterocycles. The van der Waals surface area contributed by atoms with Gasteiger partial charge in [0.05, 0.1) is 5.69 Å². The number of anilines is 1. The van der Waals surface area contributed by atoms with E-state index in [1.807, 2.05) is 0 Å². The van der Waals surface area contributed by atoms with E-state index in [1.165, 1.54) is 4.31 Å². The molecule has 4 heterocycles. The number of carbonyl (C=O) groups excluding carboxylic acids is 2. The molecule has 1 aromatic carbocycles. The van der Waals surface area contributed by atoms with E-state index in [4.69, 9.17) is 9.84 Å². The maximum Gasteiger partial charge on any atom is 0.404 e. The highest BCUT2D eigenvalue weighted by atomic mass is 32.2. The molecule has 1 aromatic rings. The summed E-state index contributed by atoms with van der Waals surface area (Å²) in [5, 5.41) is 17.1. The van der Waals surface area contributed by atoms with Crippen LogP contribution in [0.2, 0.25) is 0 Å². The van der Waals surface area contributed by atoms with Crippen molar-refractivity contribution in [3.8, 4) is 5.75 Å². The van der Waals surface area contributed by atoms with Crippen molar-refractivity contribution in [3.63, 3.8) is 0 Å². The van der Waals surface area contributed by atoms with E-state index in [0.717, 1.165) is 12.8 Å². The van der Waals surface area contributed by atoms with Gasteiger partial charge in [0, 0.05) is 42.8 Å². The molecular weight excluding hydrogens is 478 g/mol. The molecule has 2 bridgehead atoms. The molecule has 0 radical (unpaired) electrons. The predicted molar refractivity (Wildman–Crippen MR) is 124 cm³/mol. The van der Waals surface area contributed by atoms with Gasteiger partial charge in [-0.25, -0.2) is 4.79 Å².